The summed E-state index contributed by atoms with van der Waals surface area (Å²) in [6.45, 7) is 6.56. The highest BCUT2D eigenvalue weighted by Gasteiger charge is 2.12. The third kappa shape index (κ3) is 3.32. The Morgan fingerprint density at radius 3 is 2.32 bits per heavy atom. The second-order valence-corrected chi connectivity index (χ2v) is 5.47. The Morgan fingerprint density at radius 1 is 1.05 bits per heavy atom. The lowest BCUT2D eigenvalue weighted by Crippen LogP contribution is -2.10. The van der Waals surface area contributed by atoms with Crippen molar-refractivity contribution in [2.75, 3.05) is 5.32 Å². The molecule has 96 valence electrons. The molecule has 2 aromatic rings. The van der Waals surface area contributed by atoms with Gasteiger partial charge in [-0.25, -0.2) is 4.98 Å². The summed E-state index contributed by atoms with van der Waals surface area (Å²) in [6, 6.07) is 15.7. The minimum atomic E-state index is 0.150. The maximum Gasteiger partial charge on any atom is 0.142 e. The summed E-state index contributed by atoms with van der Waals surface area (Å²) in [5.74, 6) is 0.683. The van der Waals surface area contributed by atoms with E-state index in [-0.39, 0.29) is 5.41 Å². The number of pyridine rings is 1. The van der Waals surface area contributed by atoms with Gasteiger partial charge in [-0.15, -0.1) is 0 Å². The second-order valence-electron chi connectivity index (χ2n) is 5.47. The number of aromatic nitrogens is 1. The molecule has 1 aromatic carbocycles. The topological polar surface area (TPSA) is 48.7 Å². The van der Waals surface area contributed by atoms with Crippen LogP contribution in [-0.2, 0) is 5.41 Å². The molecule has 3 nitrogen and oxygen atoms in total. The van der Waals surface area contributed by atoms with Crippen LogP contribution >= 0.6 is 0 Å². The Morgan fingerprint density at radius 2 is 1.74 bits per heavy atom. The van der Waals surface area contributed by atoms with Crippen LogP contribution in [0.5, 0.6) is 0 Å². The fraction of sp³-hybridized carbons (Fsp3) is 0.250. The SMILES string of the molecule is CC(C)(C)c1ccc(Nc2cccc(C#N)n2)cc1. The summed E-state index contributed by atoms with van der Waals surface area (Å²) >= 11 is 0. The van der Waals surface area contributed by atoms with Gasteiger partial charge in [-0.05, 0) is 35.2 Å². The van der Waals surface area contributed by atoms with Crippen LogP contribution in [0, 0.1) is 11.3 Å². The van der Waals surface area contributed by atoms with Gasteiger partial charge in [0.2, 0.25) is 0 Å². The van der Waals surface area contributed by atoms with Crippen molar-refractivity contribution in [3.8, 4) is 6.07 Å². The Bertz CT molecular complexity index is 601. The lowest BCUT2D eigenvalue weighted by molar-refractivity contribution is 0.590. The van der Waals surface area contributed by atoms with E-state index in [0.717, 1.165) is 5.69 Å². The van der Waals surface area contributed by atoms with Gasteiger partial charge in [-0.1, -0.05) is 39.0 Å². The molecule has 0 fully saturated rings. The normalized spacial score (nSPS) is 10.8. The first-order chi connectivity index (χ1) is 8.99. The molecular weight excluding hydrogens is 234 g/mol. The van der Waals surface area contributed by atoms with Gasteiger partial charge in [0.1, 0.15) is 17.6 Å². The van der Waals surface area contributed by atoms with E-state index in [4.69, 9.17) is 5.26 Å². The standard InChI is InChI=1S/C16H17N3/c1-16(2,3)12-7-9-13(10-8-12)18-15-6-4-5-14(11-17)19-15/h4-10H,1-3H3,(H,18,19). The zero-order valence-corrected chi connectivity index (χ0v) is 11.4. The minimum Gasteiger partial charge on any atom is -0.340 e. The van der Waals surface area contributed by atoms with E-state index in [1.165, 1.54) is 5.56 Å². The second kappa shape index (κ2) is 5.11. The lowest BCUT2D eigenvalue weighted by Gasteiger charge is -2.19. The van der Waals surface area contributed by atoms with Gasteiger partial charge in [-0.3, -0.25) is 0 Å². The summed E-state index contributed by atoms with van der Waals surface area (Å²) in [5.41, 5.74) is 2.82. The number of anilines is 2. The fourth-order valence-electron chi connectivity index (χ4n) is 1.77. The zero-order chi connectivity index (χ0) is 13.9. The smallest absolute Gasteiger partial charge is 0.142 e. The molecule has 2 rings (SSSR count). The van der Waals surface area contributed by atoms with Crippen LogP contribution in [0.4, 0.5) is 11.5 Å². The molecule has 0 saturated heterocycles. The van der Waals surface area contributed by atoms with E-state index < -0.39 is 0 Å². The van der Waals surface area contributed by atoms with Crippen molar-refractivity contribution in [1.82, 2.24) is 4.98 Å². The Labute approximate surface area is 113 Å². The average molecular weight is 251 g/mol. The van der Waals surface area contributed by atoms with E-state index in [9.17, 15) is 0 Å². The van der Waals surface area contributed by atoms with Gasteiger partial charge in [0.25, 0.3) is 0 Å². The van der Waals surface area contributed by atoms with Crippen molar-refractivity contribution in [3.05, 3.63) is 53.7 Å². The van der Waals surface area contributed by atoms with Crippen molar-refractivity contribution in [2.45, 2.75) is 26.2 Å². The molecule has 0 radical (unpaired) electrons. The van der Waals surface area contributed by atoms with Crippen LogP contribution in [-0.4, -0.2) is 4.98 Å². The maximum absolute atomic E-state index is 8.81. The molecule has 0 spiro atoms. The first kappa shape index (κ1) is 13.1. The monoisotopic (exact) mass is 251 g/mol. The number of hydrogen-bond donors (Lipinski definition) is 1. The van der Waals surface area contributed by atoms with E-state index in [1.807, 2.05) is 30.3 Å². The van der Waals surface area contributed by atoms with E-state index >= 15 is 0 Å². The van der Waals surface area contributed by atoms with Gasteiger partial charge in [0.05, 0.1) is 0 Å². The van der Waals surface area contributed by atoms with Crippen molar-refractivity contribution in [1.29, 1.82) is 5.26 Å². The molecule has 0 aliphatic heterocycles. The van der Waals surface area contributed by atoms with Crippen LogP contribution in [0.25, 0.3) is 0 Å². The van der Waals surface area contributed by atoms with Gasteiger partial charge in [0.15, 0.2) is 0 Å². The average Bonchev–Trinajstić information content (AvgIpc) is 2.38. The zero-order valence-electron chi connectivity index (χ0n) is 11.4. The number of nitrogens with one attached hydrogen (secondary N) is 1. The van der Waals surface area contributed by atoms with Crippen molar-refractivity contribution < 1.29 is 0 Å². The molecule has 1 heterocycles. The largest absolute Gasteiger partial charge is 0.340 e. The van der Waals surface area contributed by atoms with Crippen molar-refractivity contribution in [2.24, 2.45) is 0 Å². The molecule has 19 heavy (non-hydrogen) atoms. The molecule has 0 bridgehead atoms. The molecule has 3 heteroatoms. The van der Waals surface area contributed by atoms with Crippen molar-refractivity contribution >= 4 is 11.5 Å². The maximum atomic E-state index is 8.81. The summed E-state index contributed by atoms with van der Waals surface area (Å²) in [5, 5.41) is 12.0. The van der Waals surface area contributed by atoms with Gasteiger partial charge in [-0.2, -0.15) is 5.26 Å². The van der Waals surface area contributed by atoms with E-state index in [1.54, 1.807) is 6.07 Å². The van der Waals surface area contributed by atoms with Crippen LogP contribution in [0.3, 0.4) is 0 Å². The summed E-state index contributed by atoms with van der Waals surface area (Å²) < 4.78 is 0. The minimum absolute atomic E-state index is 0.150. The molecular formula is C16H17N3. The highest BCUT2D eigenvalue weighted by atomic mass is 15.0. The lowest BCUT2D eigenvalue weighted by atomic mass is 9.87. The van der Waals surface area contributed by atoms with Gasteiger partial charge in [0, 0.05) is 5.69 Å². The molecule has 0 atom stereocenters. The van der Waals surface area contributed by atoms with E-state index in [0.29, 0.717) is 11.5 Å². The number of nitriles is 1. The Kier molecular flexibility index (Phi) is 3.52. The van der Waals surface area contributed by atoms with Gasteiger partial charge >= 0.3 is 0 Å². The third-order valence-corrected chi connectivity index (χ3v) is 2.89. The summed E-state index contributed by atoms with van der Waals surface area (Å²) in [7, 11) is 0. The van der Waals surface area contributed by atoms with Crippen LogP contribution < -0.4 is 5.32 Å². The van der Waals surface area contributed by atoms with Gasteiger partial charge < -0.3 is 5.32 Å². The Balaban J connectivity index is 2.18. The summed E-state index contributed by atoms with van der Waals surface area (Å²) in [6.07, 6.45) is 0. The number of nitrogens with zero attached hydrogens (tertiary/aromatic N) is 2. The molecule has 1 aromatic heterocycles. The molecule has 0 amide bonds. The predicted octanol–water partition coefficient (Wildman–Crippen LogP) is 3.99. The highest BCUT2D eigenvalue weighted by Crippen LogP contribution is 2.24. The first-order valence-corrected chi connectivity index (χ1v) is 6.24. The predicted molar refractivity (Wildman–Crippen MR) is 77.4 cm³/mol. The molecule has 0 unspecified atom stereocenters. The highest BCUT2D eigenvalue weighted by molar-refractivity contribution is 5.57. The van der Waals surface area contributed by atoms with Crippen molar-refractivity contribution in [3.63, 3.8) is 0 Å². The van der Waals surface area contributed by atoms with E-state index in [2.05, 4.69) is 43.2 Å². The molecule has 0 aliphatic carbocycles. The molecule has 0 saturated carbocycles. The first-order valence-electron chi connectivity index (χ1n) is 6.24. The Hall–Kier alpha value is -2.34. The number of benzene rings is 1. The fourth-order valence-corrected chi connectivity index (χ4v) is 1.77. The quantitative estimate of drug-likeness (QED) is 0.877. The molecule has 0 aliphatic rings. The van der Waals surface area contributed by atoms with Crippen LogP contribution in [0.1, 0.15) is 32.0 Å². The van der Waals surface area contributed by atoms with Crippen LogP contribution in [0.15, 0.2) is 42.5 Å². The summed E-state index contributed by atoms with van der Waals surface area (Å²) in [4.78, 5) is 4.19. The molecule has 1 N–H and O–H groups in total. The third-order valence-electron chi connectivity index (χ3n) is 2.89. The number of hydrogen-bond acceptors (Lipinski definition) is 3. The van der Waals surface area contributed by atoms with Crippen LogP contribution in [0.2, 0.25) is 0 Å². The number of rotatable bonds is 2.